The quantitative estimate of drug-likeness (QED) is 0.771. The molecule has 0 bridgehead atoms. The van der Waals surface area contributed by atoms with Crippen molar-refractivity contribution in [1.29, 1.82) is 0 Å². The third-order valence-electron chi connectivity index (χ3n) is 4.93. The van der Waals surface area contributed by atoms with E-state index in [1.807, 2.05) is 13.1 Å². The monoisotopic (exact) mass is 259 g/mol. The van der Waals surface area contributed by atoms with Gasteiger partial charge in [0.25, 0.3) is 0 Å². The summed E-state index contributed by atoms with van der Waals surface area (Å²) in [5, 5.41) is 0. The van der Waals surface area contributed by atoms with E-state index >= 15 is 0 Å². The molecule has 19 heavy (non-hydrogen) atoms. The molecule has 1 aromatic rings. The van der Waals surface area contributed by atoms with Gasteiger partial charge in [0, 0.05) is 19.3 Å². The Hall–Kier alpha value is -1.12. The number of hydrogen-bond acceptors (Lipinski definition) is 3. The summed E-state index contributed by atoms with van der Waals surface area (Å²) in [6.07, 6.45) is 11.7. The van der Waals surface area contributed by atoms with Crippen LogP contribution in [-0.2, 0) is 0 Å². The molecule has 1 spiro atoms. The molecule has 2 aliphatic rings. The van der Waals surface area contributed by atoms with Gasteiger partial charge in [-0.25, -0.2) is 4.98 Å². The lowest BCUT2D eigenvalue weighted by Gasteiger charge is -2.46. The van der Waals surface area contributed by atoms with Crippen molar-refractivity contribution in [2.45, 2.75) is 58.8 Å². The molecule has 2 heterocycles. The van der Waals surface area contributed by atoms with Gasteiger partial charge >= 0.3 is 0 Å². The van der Waals surface area contributed by atoms with Crippen LogP contribution in [0.4, 0.5) is 5.82 Å². The van der Waals surface area contributed by atoms with Crippen LogP contribution < -0.4 is 4.90 Å². The molecule has 1 aromatic heterocycles. The molecule has 1 saturated carbocycles. The molecular formula is C16H25N3. The summed E-state index contributed by atoms with van der Waals surface area (Å²) in [7, 11) is 0. The summed E-state index contributed by atoms with van der Waals surface area (Å²) >= 11 is 0. The van der Waals surface area contributed by atoms with Gasteiger partial charge < -0.3 is 4.90 Å². The Morgan fingerprint density at radius 2 is 1.79 bits per heavy atom. The van der Waals surface area contributed by atoms with E-state index in [1.54, 1.807) is 0 Å². The van der Waals surface area contributed by atoms with Crippen LogP contribution in [0.5, 0.6) is 0 Å². The lowest BCUT2D eigenvalue weighted by atomic mass is 9.69. The van der Waals surface area contributed by atoms with E-state index in [1.165, 1.54) is 51.5 Å². The van der Waals surface area contributed by atoms with E-state index < -0.39 is 0 Å². The molecule has 3 nitrogen and oxygen atoms in total. The molecule has 0 amide bonds. The molecule has 3 rings (SSSR count). The Morgan fingerprint density at radius 1 is 1.05 bits per heavy atom. The maximum atomic E-state index is 4.74. The maximum Gasteiger partial charge on any atom is 0.150 e. The zero-order valence-corrected chi connectivity index (χ0v) is 12.3. The number of rotatable bonds is 1. The van der Waals surface area contributed by atoms with Gasteiger partial charge in [-0.2, -0.15) is 0 Å². The van der Waals surface area contributed by atoms with E-state index in [2.05, 4.69) is 16.8 Å². The first-order valence-electron chi connectivity index (χ1n) is 7.74. The summed E-state index contributed by atoms with van der Waals surface area (Å²) in [5.41, 5.74) is 2.69. The van der Waals surface area contributed by atoms with Crippen molar-refractivity contribution in [3.8, 4) is 0 Å². The molecule has 0 radical (unpaired) electrons. The number of nitrogens with zero attached hydrogens (tertiary/aromatic N) is 3. The average Bonchev–Trinajstić information content (AvgIpc) is 2.42. The fourth-order valence-electron chi connectivity index (χ4n) is 3.92. The first kappa shape index (κ1) is 12.9. The van der Waals surface area contributed by atoms with Crippen molar-refractivity contribution in [2.75, 3.05) is 18.0 Å². The van der Waals surface area contributed by atoms with Crippen molar-refractivity contribution in [3.05, 3.63) is 17.6 Å². The molecule has 104 valence electrons. The normalized spacial score (nSPS) is 22.7. The standard InChI is InChI=1S/C16H25N3/c1-13-11-17-14(2)15(18-13)19-10-6-9-16(12-19)7-4-3-5-8-16/h11H,3-10,12H2,1-2H3. The van der Waals surface area contributed by atoms with E-state index in [-0.39, 0.29) is 0 Å². The highest BCUT2D eigenvalue weighted by Crippen LogP contribution is 2.44. The highest BCUT2D eigenvalue weighted by molar-refractivity contribution is 5.44. The third kappa shape index (κ3) is 2.60. The summed E-state index contributed by atoms with van der Waals surface area (Å²) in [6, 6.07) is 0. The van der Waals surface area contributed by atoms with Crippen LogP contribution in [0.3, 0.4) is 0 Å². The van der Waals surface area contributed by atoms with Crippen LogP contribution in [0.2, 0.25) is 0 Å². The maximum absolute atomic E-state index is 4.74. The molecule has 1 saturated heterocycles. The van der Waals surface area contributed by atoms with Crippen LogP contribution in [0, 0.1) is 19.3 Å². The third-order valence-corrected chi connectivity index (χ3v) is 4.93. The predicted octanol–water partition coefficient (Wildman–Crippen LogP) is 3.64. The van der Waals surface area contributed by atoms with Crippen LogP contribution in [0.1, 0.15) is 56.3 Å². The lowest BCUT2D eigenvalue weighted by molar-refractivity contribution is 0.155. The van der Waals surface area contributed by atoms with Gasteiger partial charge in [-0.05, 0) is 44.9 Å². The fourth-order valence-corrected chi connectivity index (χ4v) is 3.92. The van der Waals surface area contributed by atoms with Gasteiger partial charge in [-0.15, -0.1) is 0 Å². The fraction of sp³-hybridized carbons (Fsp3) is 0.750. The second kappa shape index (κ2) is 5.10. The van der Waals surface area contributed by atoms with E-state index in [0.29, 0.717) is 5.41 Å². The van der Waals surface area contributed by atoms with Gasteiger partial charge in [0.15, 0.2) is 0 Å². The molecule has 0 unspecified atom stereocenters. The van der Waals surface area contributed by atoms with Crippen molar-refractivity contribution in [1.82, 2.24) is 9.97 Å². The number of anilines is 1. The van der Waals surface area contributed by atoms with E-state index in [9.17, 15) is 0 Å². The van der Waals surface area contributed by atoms with Gasteiger partial charge in [0.2, 0.25) is 0 Å². The van der Waals surface area contributed by atoms with Gasteiger partial charge in [-0.1, -0.05) is 19.3 Å². The molecule has 3 heteroatoms. The second-order valence-electron chi connectivity index (χ2n) is 6.51. The summed E-state index contributed by atoms with van der Waals surface area (Å²) in [4.78, 5) is 11.7. The summed E-state index contributed by atoms with van der Waals surface area (Å²) in [5.74, 6) is 1.13. The van der Waals surface area contributed by atoms with Crippen LogP contribution >= 0.6 is 0 Å². The first-order valence-corrected chi connectivity index (χ1v) is 7.74. The van der Waals surface area contributed by atoms with Crippen molar-refractivity contribution >= 4 is 5.82 Å². The minimum Gasteiger partial charge on any atom is -0.355 e. The highest BCUT2D eigenvalue weighted by Gasteiger charge is 2.37. The van der Waals surface area contributed by atoms with Gasteiger partial charge in [-0.3, -0.25) is 4.98 Å². The smallest absolute Gasteiger partial charge is 0.150 e. The largest absolute Gasteiger partial charge is 0.355 e. The van der Waals surface area contributed by atoms with E-state index in [4.69, 9.17) is 4.98 Å². The predicted molar refractivity (Wildman–Crippen MR) is 78.5 cm³/mol. The van der Waals surface area contributed by atoms with Crippen molar-refractivity contribution in [3.63, 3.8) is 0 Å². The van der Waals surface area contributed by atoms with Crippen LogP contribution in [0.15, 0.2) is 6.20 Å². The van der Waals surface area contributed by atoms with Gasteiger partial charge in [0.05, 0.1) is 11.4 Å². The molecule has 2 fully saturated rings. The molecule has 0 aromatic carbocycles. The molecular weight excluding hydrogens is 234 g/mol. The number of aryl methyl sites for hydroxylation is 2. The lowest BCUT2D eigenvalue weighted by Crippen LogP contribution is -2.45. The Bertz CT molecular complexity index is 444. The molecule has 0 atom stereocenters. The molecule has 1 aliphatic heterocycles. The Labute approximate surface area is 116 Å². The number of hydrogen-bond donors (Lipinski definition) is 0. The minimum absolute atomic E-state index is 0.578. The minimum atomic E-state index is 0.578. The Kier molecular flexibility index (Phi) is 3.46. The zero-order chi connectivity index (χ0) is 13.3. The second-order valence-corrected chi connectivity index (χ2v) is 6.51. The van der Waals surface area contributed by atoms with Crippen LogP contribution in [0.25, 0.3) is 0 Å². The SMILES string of the molecule is Cc1cnc(C)c(N2CCCC3(CCCCC3)C2)n1. The number of piperidine rings is 1. The average molecular weight is 259 g/mol. The number of aromatic nitrogens is 2. The molecule has 1 aliphatic carbocycles. The zero-order valence-electron chi connectivity index (χ0n) is 12.3. The van der Waals surface area contributed by atoms with Gasteiger partial charge in [0.1, 0.15) is 5.82 Å². The topological polar surface area (TPSA) is 29.0 Å². The summed E-state index contributed by atoms with van der Waals surface area (Å²) in [6.45, 7) is 6.48. The van der Waals surface area contributed by atoms with Crippen molar-refractivity contribution < 1.29 is 0 Å². The van der Waals surface area contributed by atoms with Crippen LogP contribution in [-0.4, -0.2) is 23.1 Å². The Morgan fingerprint density at radius 3 is 2.58 bits per heavy atom. The first-order chi connectivity index (χ1) is 9.19. The Balaban J connectivity index is 1.82. The summed E-state index contributed by atoms with van der Waals surface area (Å²) < 4.78 is 0. The van der Waals surface area contributed by atoms with E-state index in [0.717, 1.165) is 23.8 Å². The highest BCUT2D eigenvalue weighted by atomic mass is 15.2. The molecule has 0 N–H and O–H groups in total. The van der Waals surface area contributed by atoms with Crippen molar-refractivity contribution in [2.24, 2.45) is 5.41 Å².